The van der Waals surface area contributed by atoms with Gasteiger partial charge in [-0.1, -0.05) is 24.3 Å². The SMILES string of the molecule is C/C=C1\C=C2CCC1C2.C=C(C)C(=O)O. The largest absolute Gasteiger partial charge is 0.478 e. The van der Waals surface area contributed by atoms with Crippen LogP contribution >= 0.6 is 0 Å². The molecule has 1 N–H and O–H groups in total. The molecule has 0 aromatic heterocycles. The molecule has 0 saturated heterocycles. The van der Waals surface area contributed by atoms with E-state index in [1.54, 1.807) is 11.1 Å². The maximum absolute atomic E-state index is 9.60. The highest BCUT2D eigenvalue weighted by Crippen LogP contribution is 2.42. The molecule has 0 aliphatic heterocycles. The van der Waals surface area contributed by atoms with Crippen LogP contribution in [0.4, 0.5) is 0 Å². The first-order valence-electron chi connectivity index (χ1n) is 5.29. The predicted molar refractivity (Wildman–Crippen MR) is 61.6 cm³/mol. The average molecular weight is 206 g/mol. The topological polar surface area (TPSA) is 37.3 Å². The molecule has 1 atom stereocenters. The van der Waals surface area contributed by atoms with Gasteiger partial charge in [0.05, 0.1) is 0 Å². The van der Waals surface area contributed by atoms with Crippen molar-refractivity contribution < 1.29 is 9.90 Å². The van der Waals surface area contributed by atoms with Crippen LogP contribution in [0.2, 0.25) is 0 Å². The minimum absolute atomic E-state index is 0.176. The van der Waals surface area contributed by atoms with E-state index in [-0.39, 0.29) is 5.57 Å². The van der Waals surface area contributed by atoms with Crippen LogP contribution in [0.25, 0.3) is 0 Å². The van der Waals surface area contributed by atoms with Crippen LogP contribution in [0.3, 0.4) is 0 Å². The molecule has 1 fully saturated rings. The zero-order valence-electron chi connectivity index (χ0n) is 9.42. The summed E-state index contributed by atoms with van der Waals surface area (Å²) in [6, 6.07) is 0. The summed E-state index contributed by atoms with van der Waals surface area (Å²) in [4.78, 5) is 9.60. The van der Waals surface area contributed by atoms with Crippen LogP contribution in [0.5, 0.6) is 0 Å². The van der Waals surface area contributed by atoms with Gasteiger partial charge < -0.3 is 5.11 Å². The molecule has 0 aromatic carbocycles. The molecule has 1 unspecified atom stereocenters. The summed E-state index contributed by atoms with van der Waals surface area (Å²) in [6.07, 6.45) is 8.82. The van der Waals surface area contributed by atoms with Gasteiger partial charge in [0.25, 0.3) is 0 Å². The molecule has 2 rings (SSSR count). The summed E-state index contributed by atoms with van der Waals surface area (Å²) in [5.41, 5.74) is 3.46. The van der Waals surface area contributed by atoms with Gasteiger partial charge in [0, 0.05) is 5.57 Å². The van der Waals surface area contributed by atoms with E-state index < -0.39 is 5.97 Å². The number of aliphatic carboxylic acids is 1. The Bertz CT molecular complexity index is 322. The van der Waals surface area contributed by atoms with Crippen molar-refractivity contribution in [1.29, 1.82) is 0 Å². The number of carbonyl (C=O) groups is 1. The lowest BCUT2D eigenvalue weighted by atomic mass is 9.99. The van der Waals surface area contributed by atoms with Crippen molar-refractivity contribution in [2.45, 2.75) is 33.1 Å². The summed E-state index contributed by atoms with van der Waals surface area (Å²) >= 11 is 0. The maximum atomic E-state index is 9.60. The van der Waals surface area contributed by atoms with Crippen molar-refractivity contribution in [1.82, 2.24) is 0 Å². The molecule has 1 saturated carbocycles. The molecule has 82 valence electrons. The fraction of sp³-hybridized carbons (Fsp3) is 0.462. The van der Waals surface area contributed by atoms with Crippen molar-refractivity contribution in [3.63, 3.8) is 0 Å². The Kier molecular flexibility index (Phi) is 3.89. The van der Waals surface area contributed by atoms with Gasteiger partial charge >= 0.3 is 5.97 Å². The van der Waals surface area contributed by atoms with E-state index in [1.807, 2.05) is 0 Å². The second kappa shape index (κ2) is 4.96. The Balaban J connectivity index is 0.000000167. The molecule has 2 bridgehead atoms. The van der Waals surface area contributed by atoms with E-state index in [1.165, 1.54) is 26.2 Å². The Morgan fingerprint density at radius 3 is 2.47 bits per heavy atom. The average Bonchev–Trinajstić information content (AvgIpc) is 2.79. The number of rotatable bonds is 1. The number of allylic oxidation sites excluding steroid dienone is 4. The molecular weight excluding hydrogens is 188 g/mol. The molecule has 0 aromatic rings. The molecule has 0 radical (unpaired) electrons. The number of hydrogen-bond donors (Lipinski definition) is 1. The van der Waals surface area contributed by atoms with Crippen molar-refractivity contribution in [3.05, 3.63) is 35.5 Å². The van der Waals surface area contributed by atoms with Gasteiger partial charge in [-0.2, -0.15) is 0 Å². The molecule has 2 heteroatoms. The summed E-state index contributed by atoms with van der Waals surface area (Å²) < 4.78 is 0. The number of fused-ring (bicyclic) bond motifs is 2. The van der Waals surface area contributed by atoms with Crippen LogP contribution in [-0.2, 0) is 4.79 Å². The molecule has 0 amide bonds. The summed E-state index contributed by atoms with van der Waals surface area (Å²) in [5.74, 6) is -0.0139. The third-order valence-electron chi connectivity index (χ3n) is 2.86. The number of carboxylic acid groups (broad SMARTS) is 1. The van der Waals surface area contributed by atoms with Gasteiger partial charge in [-0.3, -0.25) is 0 Å². The van der Waals surface area contributed by atoms with Crippen molar-refractivity contribution in [2.75, 3.05) is 0 Å². The van der Waals surface area contributed by atoms with E-state index in [0.29, 0.717) is 0 Å². The minimum Gasteiger partial charge on any atom is -0.478 e. The van der Waals surface area contributed by atoms with Crippen LogP contribution < -0.4 is 0 Å². The molecule has 0 heterocycles. The van der Waals surface area contributed by atoms with Gasteiger partial charge in [-0.25, -0.2) is 4.79 Å². The zero-order chi connectivity index (χ0) is 11.4. The second-order valence-electron chi connectivity index (χ2n) is 4.12. The van der Waals surface area contributed by atoms with Crippen LogP contribution in [-0.4, -0.2) is 11.1 Å². The lowest BCUT2D eigenvalue weighted by Crippen LogP contribution is -1.92. The fourth-order valence-corrected chi connectivity index (χ4v) is 1.97. The first kappa shape index (κ1) is 11.8. The standard InChI is InChI=1S/C9H12.C4H6O2/c1-2-8-5-7-3-4-9(8)6-7;1-3(2)4(5)6/h2,5,9H,3-4,6H2,1H3;1H2,2H3,(H,5,6)/b8-2+;. The third-order valence-corrected chi connectivity index (χ3v) is 2.86. The Morgan fingerprint density at radius 2 is 2.27 bits per heavy atom. The normalized spacial score (nSPS) is 24.5. The Morgan fingerprint density at radius 1 is 1.67 bits per heavy atom. The molecule has 15 heavy (non-hydrogen) atoms. The quantitative estimate of drug-likeness (QED) is 0.668. The summed E-state index contributed by atoms with van der Waals surface area (Å²) in [7, 11) is 0. The fourth-order valence-electron chi connectivity index (χ4n) is 1.97. The molecule has 2 nitrogen and oxygen atoms in total. The molecular formula is C13H18O2. The lowest BCUT2D eigenvalue weighted by molar-refractivity contribution is -0.132. The van der Waals surface area contributed by atoms with E-state index in [9.17, 15) is 4.79 Å². The predicted octanol–water partition coefficient (Wildman–Crippen LogP) is 3.32. The summed E-state index contributed by atoms with van der Waals surface area (Å²) in [5, 5.41) is 7.89. The van der Waals surface area contributed by atoms with Crippen LogP contribution in [0, 0.1) is 5.92 Å². The number of hydrogen-bond acceptors (Lipinski definition) is 1. The monoisotopic (exact) mass is 206 g/mol. The first-order valence-corrected chi connectivity index (χ1v) is 5.29. The highest BCUT2D eigenvalue weighted by molar-refractivity contribution is 5.84. The smallest absolute Gasteiger partial charge is 0.330 e. The minimum atomic E-state index is -0.935. The number of carboxylic acids is 1. The zero-order valence-corrected chi connectivity index (χ0v) is 9.42. The van der Waals surface area contributed by atoms with Crippen molar-refractivity contribution in [3.8, 4) is 0 Å². The van der Waals surface area contributed by atoms with E-state index in [0.717, 1.165) is 5.92 Å². The third kappa shape index (κ3) is 3.08. The van der Waals surface area contributed by atoms with E-state index in [2.05, 4.69) is 25.7 Å². The van der Waals surface area contributed by atoms with Crippen LogP contribution in [0.1, 0.15) is 33.1 Å². The van der Waals surface area contributed by atoms with Gasteiger partial charge in [-0.05, 0) is 44.6 Å². The van der Waals surface area contributed by atoms with Crippen molar-refractivity contribution in [2.24, 2.45) is 5.92 Å². The van der Waals surface area contributed by atoms with Crippen LogP contribution in [0.15, 0.2) is 35.5 Å². The lowest BCUT2D eigenvalue weighted by Gasteiger charge is -2.06. The highest BCUT2D eigenvalue weighted by atomic mass is 16.4. The van der Waals surface area contributed by atoms with E-state index >= 15 is 0 Å². The van der Waals surface area contributed by atoms with Crippen molar-refractivity contribution >= 4 is 5.97 Å². The Labute approximate surface area is 91.0 Å². The summed E-state index contributed by atoms with van der Waals surface area (Å²) in [6.45, 7) is 6.75. The second-order valence-corrected chi connectivity index (χ2v) is 4.12. The van der Waals surface area contributed by atoms with E-state index in [4.69, 9.17) is 5.11 Å². The molecule has 2 aliphatic rings. The van der Waals surface area contributed by atoms with Gasteiger partial charge in [0.2, 0.25) is 0 Å². The first-order chi connectivity index (χ1) is 7.04. The molecule has 0 spiro atoms. The molecule has 2 aliphatic carbocycles. The Hall–Kier alpha value is -1.31. The van der Waals surface area contributed by atoms with Gasteiger partial charge in [-0.15, -0.1) is 0 Å². The highest BCUT2D eigenvalue weighted by Gasteiger charge is 2.27. The van der Waals surface area contributed by atoms with Gasteiger partial charge in [0.15, 0.2) is 0 Å². The van der Waals surface area contributed by atoms with Gasteiger partial charge in [0.1, 0.15) is 0 Å². The maximum Gasteiger partial charge on any atom is 0.330 e.